The summed E-state index contributed by atoms with van der Waals surface area (Å²) in [7, 11) is 0. The van der Waals surface area contributed by atoms with Gasteiger partial charge >= 0.3 is 6.18 Å². The Kier molecular flexibility index (Phi) is 3.50. The van der Waals surface area contributed by atoms with Gasteiger partial charge in [-0.15, -0.1) is 0 Å². The predicted octanol–water partition coefficient (Wildman–Crippen LogP) is 2.93. The van der Waals surface area contributed by atoms with Crippen molar-refractivity contribution in [1.29, 1.82) is 0 Å². The van der Waals surface area contributed by atoms with E-state index in [9.17, 15) is 13.2 Å². The Morgan fingerprint density at radius 1 is 1.44 bits per heavy atom. The summed E-state index contributed by atoms with van der Waals surface area (Å²) in [6.07, 6.45) is -3.00. The van der Waals surface area contributed by atoms with Gasteiger partial charge in [-0.3, -0.25) is 0 Å². The molecule has 8 heteroatoms. The molecule has 1 unspecified atom stereocenters. The van der Waals surface area contributed by atoms with E-state index in [1.54, 1.807) is 0 Å². The van der Waals surface area contributed by atoms with E-state index in [2.05, 4.69) is 14.7 Å². The molecule has 1 aromatic rings. The number of alkyl halides is 3. The van der Waals surface area contributed by atoms with E-state index in [0.29, 0.717) is 6.61 Å². The first-order chi connectivity index (χ1) is 8.26. The van der Waals surface area contributed by atoms with E-state index in [-0.39, 0.29) is 16.8 Å². The van der Waals surface area contributed by atoms with E-state index in [1.165, 1.54) is 0 Å². The fourth-order valence-corrected chi connectivity index (χ4v) is 2.59. The lowest BCUT2D eigenvalue weighted by Crippen LogP contribution is -2.40. The van der Waals surface area contributed by atoms with Crippen molar-refractivity contribution in [3.8, 4) is 0 Å². The molecule has 1 aliphatic rings. The Morgan fingerprint density at radius 3 is 2.72 bits per heavy atom. The van der Waals surface area contributed by atoms with Crippen LogP contribution in [0, 0.1) is 0 Å². The van der Waals surface area contributed by atoms with Gasteiger partial charge < -0.3 is 10.1 Å². The summed E-state index contributed by atoms with van der Waals surface area (Å²) in [5.41, 5.74) is -0.256. The maximum atomic E-state index is 12.3. The average Bonchev–Trinajstić information content (AvgIpc) is 2.63. The van der Waals surface area contributed by atoms with E-state index in [0.717, 1.165) is 24.4 Å². The number of nitrogens with zero attached hydrogens (tertiary/aromatic N) is 2. The van der Waals surface area contributed by atoms with Crippen LogP contribution in [0.5, 0.6) is 0 Å². The SMILES string of the molecule is CC1(C)CC(Nc2nc(C(F)(F)F)ns2)CCO1. The molecule has 1 aliphatic heterocycles. The normalized spacial score (nSPS) is 23.9. The molecule has 0 saturated carbocycles. The number of nitrogens with one attached hydrogen (secondary N) is 1. The molecule has 2 rings (SSSR count). The van der Waals surface area contributed by atoms with E-state index in [4.69, 9.17) is 4.74 Å². The van der Waals surface area contributed by atoms with Gasteiger partial charge in [0.25, 0.3) is 0 Å². The Morgan fingerprint density at radius 2 is 2.17 bits per heavy atom. The Bertz CT molecular complexity index is 419. The summed E-state index contributed by atoms with van der Waals surface area (Å²) < 4.78 is 45.9. The monoisotopic (exact) mass is 281 g/mol. The third-order valence-electron chi connectivity index (χ3n) is 2.70. The van der Waals surface area contributed by atoms with Gasteiger partial charge in [0, 0.05) is 24.2 Å². The zero-order chi connectivity index (χ0) is 13.4. The number of ether oxygens (including phenoxy) is 1. The van der Waals surface area contributed by atoms with Gasteiger partial charge in [-0.05, 0) is 26.7 Å². The molecule has 0 aliphatic carbocycles. The number of halogens is 3. The molecule has 1 saturated heterocycles. The maximum absolute atomic E-state index is 12.3. The molecule has 0 amide bonds. The van der Waals surface area contributed by atoms with Crippen molar-refractivity contribution in [2.75, 3.05) is 11.9 Å². The van der Waals surface area contributed by atoms with Crippen molar-refractivity contribution in [2.24, 2.45) is 0 Å². The smallest absolute Gasteiger partial charge is 0.375 e. The lowest BCUT2D eigenvalue weighted by Gasteiger charge is -2.35. The minimum atomic E-state index is -4.48. The average molecular weight is 281 g/mol. The Balaban J connectivity index is 1.99. The van der Waals surface area contributed by atoms with Crippen LogP contribution < -0.4 is 5.32 Å². The standard InChI is InChI=1S/C10H14F3N3OS/c1-9(2)5-6(3-4-17-9)14-8-15-7(16-18-8)10(11,12)13/h6H,3-5H2,1-2H3,(H,14,15,16). The van der Waals surface area contributed by atoms with Crippen molar-refractivity contribution in [3.05, 3.63) is 5.82 Å². The van der Waals surface area contributed by atoms with Gasteiger partial charge in [-0.2, -0.15) is 22.5 Å². The molecule has 1 atom stereocenters. The molecule has 0 bridgehead atoms. The fourth-order valence-electron chi connectivity index (χ4n) is 1.93. The highest BCUT2D eigenvalue weighted by atomic mass is 32.1. The maximum Gasteiger partial charge on any atom is 0.452 e. The first kappa shape index (κ1) is 13.5. The van der Waals surface area contributed by atoms with Crippen molar-refractivity contribution < 1.29 is 17.9 Å². The third-order valence-corrected chi connectivity index (χ3v) is 3.35. The molecule has 1 N–H and O–H groups in total. The quantitative estimate of drug-likeness (QED) is 0.905. The predicted molar refractivity (Wildman–Crippen MR) is 61.6 cm³/mol. The van der Waals surface area contributed by atoms with Crippen LogP contribution in [-0.2, 0) is 10.9 Å². The Hall–Kier alpha value is -0.890. The van der Waals surface area contributed by atoms with Crippen molar-refractivity contribution in [3.63, 3.8) is 0 Å². The van der Waals surface area contributed by atoms with Gasteiger partial charge in [0.2, 0.25) is 11.0 Å². The van der Waals surface area contributed by atoms with Crippen LogP contribution in [-0.4, -0.2) is 27.6 Å². The van der Waals surface area contributed by atoms with Crippen LogP contribution >= 0.6 is 11.5 Å². The molecule has 0 radical (unpaired) electrons. The highest BCUT2D eigenvalue weighted by Gasteiger charge is 2.36. The summed E-state index contributed by atoms with van der Waals surface area (Å²) in [4.78, 5) is 3.45. The number of hydrogen-bond donors (Lipinski definition) is 1. The fraction of sp³-hybridized carbons (Fsp3) is 0.800. The molecule has 1 fully saturated rings. The summed E-state index contributed by atoms with van der Waals surface area (Å²) in [5, 5.41) is 3.21. The summed E-state index contributed by atoms with van der Waals surface area (Å²) in [6.45, 7) is 4.51. The second kappa shape index (κ2) is 4.65. The lowest BCUT2D eigenvalue weighted by molar-refractivity contribution is -0.144. The molecule has 0 aromatic carbocycles. The molecule has 2 heterocycles. The van der Waals surface area contributed by atoms with E-state index in [1.807, 2.05) is 13.8 Å². The minimum Gasteiger partial charge on any atom is -0.375 e. The van der Waals surface area contributed by atoms with Crippen molar-refractivity contribution in [2.45, 2.75) is 44.5 Å². The second-order valence-corrected chi connectivity index (χ2v) is 5.61. The molecule has 4 nitrogen and oxygen atoms in total. The van der Waals surface area contributed by atoms with Gasteiger partial charge in [-0.1, -0.05) is 0 Å². The summed E-state index contributed by atoms with van der Waals surface area (Å²) >= 11 is 0.737. The van der Waals surface area contributed by atoms with Crippen LogP contribution in [0.4, 0.5) is 18.3 Å². The second-order valence-electron chi connectivity index (χ2n) is 4.86. The summed E-state index contributed by atoms with van der Waals surface area (Å²) in [5.74, 6) is -1.08. The zero-order valence-corrected chi connectivity index (χ0v) is 10.9. The molecule has 1 aromatic heterocycles. The van der Waals surface area contributed by atoms with Crippen LogP contribution in [0.25, 0.3) is 0 Å². The van der Waals surface area contributed by atoms with Gasteiger partial charge in [0.15, 0.2) is 0 Å². The molecule has 102 valence electrons. The number of rotatable bonds is 2. The molecular formula is C10H14F3N3OS. The lowest BCUT2D eigenvalue weighted by atomic mass is 9.94. The van der Waals surface area contributed by atoms with E-state index >= 15 is 0 Å². The van der Waals surface area contributed by atoms with Crippen molar-refractivity contribution in [1.82, 2.24) is 9.36 Å². The number of anilines is 1. The zero-order valence-electron chi connectivity index (χ0n) is 10.0. The topological polar surface area (TPSA) is 47.0 Å². The van der Waals surface area contributed by atoms with Crippen LogP contribution in [0.3, 0.4) is 0 Å². The van der Waals surface area contributed by atoms with Gasteiger partial charge in [-0.25, -0.2) is 0 Å². The van der Waals surface area contributed by atoms with E-state index < -0.39 is 12.0 Å². The summed E-state index contributed by atoms with van der Waals surface area (Å²) in [6, 6.07) is 0.0720. The van der Waals surface area contributed by atoms with Crippen molar-refractivity contribution >= 4 is 16.7 Å². The largest absolute Gasteiger partial charge is 0.452 e. The molecule has 0 spiro atoms. The van der Waals surface area contributed by atoms with Gasteiger partial charge in [0.05, 0.1) is 5.60 Å². The third kappa shape index (κ3) is 3.32. The number of aromatic nitrogens is 2. The van der Waals surface area contributed by atoms with Gasteiger partial charge in [0.1, 0.15) is 0 Å². The minimum absolute atomic E-state index is 0.0720. The number of hydrogen-bond acceptors (Lipinski definition) is 5. The highest BCUT2D eigenvalue weighted by molar-refractivity contribution is 7.09. The Labute approximate surface area is 107 Å². The van der Waals surface area contributed by atoms with Crippen LogP contribution in [0.1, 0.15) is 32.5 Å². The van der Waals surface area contributed by atoms with Crippen LogP contribution in [0.2, 0.25) is 0 Å². The first-order valence-electron chi connectivity index (χ1n) is 5.58. The first-order valence-corrected chi connectivity index (χ1v) is 6.35. The highest BCUT2D eigenvalue weighted by Crippen LogP contribution is 2.31. The molecule has 18 heavy (non-hydrogen) atoms. The molecular weight excluding hydrogens is 267 g/mol. The van der Waals surface area contributed by atoms with Crippen LogP contribution in [0.15, 0.2) is 0 Å².